The molecule has 0 bridgehead atoms. The molecule has 2 aromatic carbocycles. The van der Waals surface area contributed by atoms with Gasteiger partial charge in [0.1, 0.15) is 0 Å². The third-order valence-corrected chi connectivity index (χ3v) is 3.92. The zero-order chi connectivity index (χ0) is 14.8. The van der Waals surface area contributed by atoms with E-state index in [-0.39, 0.29) is 6.04 Å². The van der Waals surface area contributed by atoms with Crippen molar-refractivity contribution in [3.8, 4) is 0 Å². The van der Waals surface area contributed by atoms with Crippen molar-refractivity contribution in [1.29, 1.82) is 0 Å². The number of nitrogens with zero attached hydrogens (tertiary/aromatic N) is 2. The molecule has 106 valence electrons. The van der Waals surface area contributed by atoms with Crippen LogP contribution in [0.2, 0.25) is 10.0 Å². The van der Waals surface area contributed by atoms with Gasteiger partial charge in [-0.1, -0.05) is 53.5 Å². The number of benzene rings is 2. The van der Waals surface area contributed by atoms with Gasteiger partial charge in [-0.3, -0.25) is 0 Å². The number of aromatic nitrogens is 2. The number of hydrogen-bond donors (Lipinski definition) is 1. The first-order chi connectivity index (χ1) is 10.1. The van der Waals surface area contributed by atoms with Crippen molar-refractivity contribution in [2.45, 2.75) is 13.0 Å². The summed E-state index contributed by atoms with van der Waals surface area (Å²) in [4.78, 5) is 0. The maximum atomic E-state index is 6.25. The van der Waals surface area contributed by atoms with E-state index in [0.717, 1.165) is 22.2 Å². The first kappa shape index (κ1) is 14.1. The van der Waals surface area contributed by atoms with E-state index in [1.165, 1.54) is 0 Å². The Morgan fingerprint density at radius 3 is 2.71 bits per heavy atom. The third kappa shape index (κ3) is 2.94. The molecule has 1 atom stereocenters. The average molecular weight is 318 g/mol. The van der Waals surface area contributed by atoms with Crippen LogP contribution in [0.1, 0.15) is 18.5 Å². The van der Waals surface area contributed by atoms with E-state index in [1.807, 2.05) is 43.3 Å². The molecule has 5 heteroatoms. The van der Waals surface area contributed by atoms with Crippen molar-refractivity contribution in [2.75, 3.05) is 5.32 Å². The van der Waals surface area contributed by atoms with Crippen LogP contribution in [-0.2, 0) is 0 Å². The van der Waals surface area contributed by atoms with Crippen molar-refractivity contribution in [3.05, 3.63) is 64.3 Å². The van der Waals surface area contributed by atoms with Crippen LogP contribution in [0.15, 0.2) is 48.7 Å². The summed E-state index contributed by atoms with van der Waals surface area (Å²) in [7, 11) is 0. The van der Waals surface area contributed by atoms with Crippen LogP contribution in [0.4, 0.5) is 5.82 Å². The largest absolute Gasteiger partial charge is 0.361 e. The van der Waals surface area contributed by atoms with Gasteiger partial charge < -0.3 is 5.32 Å². The SMILES string of the molecule is CC(Nc1nncc2ccccc12)c1ccc(Cl)cc1Cl. The second-order valence-electron chi connectivity index (χ2n) is 4.81. The molecule has 0 radical (unpaired) electrons. The van der Waals surface area contributed by atoms with Crippen LogP contribution < -0.4 is 5.32 Å². The lowest BCUT2D eigenvalue weighted by Gasteiger charge is -2.17. The first-order valence-electron chi connectivity index (χ1n) is 6.57. The molecule has 3 aromatic rings. The van der Waals surface area contributed by atoms with Crippen molar-refractivity contribution in [2.24, 2.45) is 0 Å². The van der Waals surface area contributed by atoms with Crippen LogP contribution in [0.3, 0.4) is 0 Å². The van der Waals surface area contributed by atoms with E-state index in [2.05, 4.69) is 15.5 Å². The van der Waals surface area contributed by atoms with Gasteiger partial charge in [0.15, 0.2) is 5.82 Å². The summed E-state index contributed by atoms with van der Waals surface area (Å²) in [6.45, 7) is 2.03. The molecule has 0 saturated heterocycles. The monoisotopic (exact) mass is 317 g/mol. The van der Waals surface area contributed by atoms with Crippen LogP contribution in [0.5, 0.6) is 0 Å². The molecule has 0 fully saturated rings. The fourth-order valence-corrected chi connectivity index (χ4v) is 2.84. The topological polar surface area (TPSA) is 37.8 Å². The van der Waals surface area contributed by atoms with Crippen LogP contribution in [-0.4, -0.2) is 10.2 Å². The zero-order valence-electron chi connectivity index (χ0n) is 11.3. The van der Waals surface area contributed by atoms with Crippen molar-refractivity contribution >= 4 is 39.8 Å². The normalized spacial score (nSPS) is 12.3. The van der Waals surface area contributed by atoms with E-state index in [1.54, 1.807) is 12.3 Å². The Morgan fingerprint density at radius 2 is 1.90 bits per heavy atom. The summed E-state index contributed by atoms with van der Waals surface area (Å²) < 4.78 is 0. The molecule has 3 nitrogen and oxygen atoms in total. The highest BCUT2D eigenvalue weighted by Gasteiger charge is 2.12. The second-order valence-corrected chi connectivity index (χ2v) is 5.66. The summed E-state index contributed by atoms with van der Waals surface area (Å²) in [5.41, 5.74) is 0.968. The summed E-state index contributed by atoms with van der Waals surface area (Å²) >= 11 is 12.2. The van der Waals surface area contributed by atoms with Gasteiger partial charge in [0.05, 0.1) is 12.2 Å². The predicted molar refractivity (Wildman–Crippen MR) is 88.0 cm³/mol. The van der Waals surface area contributed by atoms with Gasteiger partial charge in [0.25, 0.3) is 0 Å². The lowest BCUT2D eigenvalue weighted by Crippen LogP contribution is -2.09. The predicted octanol–water partition coefficient (Wildman–Crippen LogP) is 5.11. The number of nitrogens with one attached hydrogen (secondary N) is 1. The molecular weight excluding hydrogens is 305 g/mol. The fourth-order valence-electron chi connectivity index (χ4n) is 2.27. The highest BCUT2D eigenvalue weighted by atomic mass is 35.5. The highest BCUT2D eigenvalue weighted by Crippen LogP contribution is 2.29. The maximum Gasteiger partial charge on any atom is 0.157 e. The summed E-state index contributed by atoms with van der Waals surface area (Å²) in [5, 5.41) is 14.9. The van der Waals surface area contributed by atoms with Crippen LogP contribution in [0.25, 0.3) is 10.8 Å². The molecular formula is C16H13Cl2N3. The minimum atomic E-state index is -0.00475. The molecule has 0 spiro atoms. The maximum absolute atomic E-state index is 6.25. The molecule has 0 aliphatic carbocycles. The Labute approximate surface area is 132 Å². The van der Waals surface area contributed by atoms with E-state index < -0.39 is 0 Å². The minimum Gasteiger partial charge on any atom is -0.361 e. The van der Waals surface area contributed by atoms with E-state index in [9.17, 15) is 0 Å². The van der Waals surface area contributed by atoms with E-state index >= 15 is 0 Å². The Bertz CT molecular complexity index is 784. The number of rotatable bonds is 3. The van der Waals surface area contributed by atoms with Gasteiger partial charge in [0, 0.05) is 20.8 Å². The molecule has 0 aliphatic heterocycles. The highest BCUT2D eigenvalue weighted by molar-refractivity contribution is 6.35. The number of fused-ring (bicyclic) bond motifs is 1. The molecule has 1 aromatic heterocycles. The smallest absolute Gasteiger partial charge is 0.157 e. The zero-order valence-corrected chi connectivity index (χ0v) is 12.9. The number of hydrogen-bond acceptors (Lipinski definition) is 3. The number of anilines is 1. The molecule has 21 heavy (non-hydrogen) atoms. The van der Waals surface area contributed by atoms with Gasteiger partial charge in [-0.2, -0.15) is 5.10 Å². The molecule has 3 rings (SSSR count). The van der Waals surface area contributed by atoms with Gasteiger partial charge in [-0.15, -0.1) is 5.10 Å². The Kier molecular flexibility index (Phi) is 3.95. The Hall–Kier alpha value is -1.84. The Morgan fingerprint density at radius 1 is 1.10 bits per heavy atom. The number of halogens is 2. The first-order valence-corrected chi connectivity index (χ1v) is 7.32. The van der Waals surface area contributed by atoms with Crippen LogP contribution >= 0.6 is 23.2 Å². The minimum absolute atomic E-state index is 0.00475. The third-order valence-electron chi connectivity index (χ3n) is 3.35. The quantitative estimate of drug-likeness (QED) is 0.729. The molecule has 0 amide bonds. The summed E-state index contributed by atoms with van der Waals surface area (Å²) in [5.74, 6) is 0.742. The Balaban J connectivity index is 1.94. The van der Waals surface area contributed by atoms with E-state index in [0.29, 0.717) is 10.0 Å². The molecule has 1 N–H and O–H groups in total. The van der Waals surface area contributed by atoms with Crippen molar-refractivity contribution in [3.63, 3.8) is 0 Å². The van der Waals surface area contributed by atoms with Crippen LogP contribution in [0, 0.1) is 0 Å². The van der Waals surface area contributed by atoms with Gasteiger partial charge in [-0.05, 0) is 24.6 Å². The lowest BCUT2D eigenvalue weighted by molar-refractivity contribution is 0.866. The fraction of sp³-hybridized carbons (Fsp3) is 0.125. The molecule has 1 heterocycles. The molecule has 0 aliphatic rings. The van der Waals surface area contributed by atoms with Crippen molar-refractivity contribution < 1.29 is 0 Å². The molecule has 1 unspecified atom stereocenters. The molecule has 0 saturated carbocycles. The standard InChI is InChI=1S/C16H13Cl2N3/c1-10(13-7-6-12(17)8-15(13)18)20-16-14-5-3-2-4-11(14)9-19-21-16/h2-10H,1H3,(H,20,21). The average Bonchev–Trinajstić information content (AvgIpc) is 2.47. The lowest BCUT2D eigenvalue weighted by atomic mass is 10.1. The summed E-state index contributed by atoms with van der Waals surface area (Å²) in [6.07, 6.45) is 1.75. The summed E-state index contributed by atoms with van der Waals surface area (Å²) in [6, 6.07) is 13.5. The van der Waals surface area contributed by atoms with Gasteiger partial charge in [-0.25, -0.2) is 0 Å². The van der Waals surface area contributed by atoms with Crippen molar-refractivity contribution in [1.82, 2.24) is 10.2 Å². The van der Waals surface area contributed by atoms with E-state index in [4.69, 9.17) is 23.2 Å². The van der Waals surface area contributed by atoms with Gasteiger partial charge in [0.2, 0.25) is 0 Å². The van der Waals surface area contributed by atoms with Gasteiger partial charge >= 0.3 is 0 Å². The second kappa shape index (κ2) is 5.88.